The summed E-state index contributed by atoms with van der Waals surface area (Å²) in [7, 11) is -1.72. The standard InChI is InChI=1S/C9H20N2O3S/c1-7(5-6-10)11(3)9(12)8(2)15(4,13)14/h7-8H,5-6,10H2,1-4H3. The average Bonchev–Trinajstić information content (AvgIpc) is 2.13. The Balaban J connectivity index is 4.58. The first-order valence-electron chi connectivity index (χ1n) is 4.87. The van der Waals surface area contributed by atoms with Crippen molar-refractivity contribution in [1.29, 1.82) is 0 Å². The molecule has 90 valence electrons. The van der Waals surface area contributed by atoms with Crippen molar-refractivity contribution < 1.29 is 13.2 Å². The zero-order valence-electron chi connectivity index (χ0n) is 9.73. The van der Waals surface area contributed by atoms with E-state index in [9.17, 15) is 13.2 Å². The quantitative estimate of drug-likeness (QED) is 0.705. The molecule has 1 amide bonds. The Kier molecular flexibility index (Phi) is 5.23. The second kappa shape index (κ2) is 5.46. The molecule has 6 heteroatoms. The van der Waals surface area contributed by atoms with E-state index in [1.807, 2.05) is 6.92 Å². The van der Waals surface area contributed by atoms with Crippen LogP contribution in [0.4, 0.5) is 0 Å². The van der Waals surface area contributed by atoms with Crippen LogP contribution in [0.3, 0.4) is 0 Å². The summed E-state index contributed by atoms with van der Waals surface area (Å²) in [6.07, 6.45) is 1.73. The number of hydrogen-bond acceptors (Lipinski definition) is 4. The molecule has 0 aromatic rings. The maximum atomic E-state index is 11.7. The lowest BCUT2D eigenvalue weighted by molar-refractivity contribution is -0.130. The average molecular weight is 236 g/mol. The first kappa shape index (κ1) is 14.4. The molecule has 0 spiro atoms. The Bertz CT molecular complexity index is 313. The molecule has 0 fully saturated rings. The molecule has 0 heterocycles. The van der Waals surface area contributed by atoms with Gasteiger partial charge < -0.3 is 10.6 Å². The number of rotatable bonds is 5. The number of amides is 1. The largest absolute Gasteiger partial charge is 0.342 e. The molecule has 0 aliphatic rings. The highest BCUT2D eigenvalue weighted by atomic mass is 32.2. The second-order valence-electron chi connectivity index (χ2n) is 3.85. The molecule has 2 N–H and O–H groups in total. The van der Waals surface area contributed by atoms with Crippen molar-refractivity contribution in [3.63, 3.8) is 0 Å². The van der Waals surface area contributed by atoms with Crippen LogP contribution in [-0.4, -0.2) is 50.4 Å². The Morgan fingerprint density at radius 3 is 2.20 bits per heavy atom. The smallest absolute Gasteiger partial charge is 0.240 e. The molecule has 0 saturated heterocycles. The number of sulfone groups is 1. The molecule has 5 nitrogen and oxygen atoms in total. The number of carbonyl (C=O) groups excluding carboxylic acids is 1. The predicted octanol–water partition coefficient (Wildman–Crippen LogP) is -0.385. The van der Waals surface area contributed by atoms with E-state index in [0.29, 0.717) is 13.0 Å². The first-order chi connectivity index (χ1) is 6.71. The molecule has 0 aromatic heterocycles. The molecule has 2 unspecified atom stereocenters. The highest BCUT2D eigenvalue weighted by Crippen LogP contribution is 2.07. The van der Waals surface area contributed by atoms with Crippen LogP contribution in [0.25, 0.3) is 0 Å². The molecule has 0 aliphatic carbocycles. The van der Waals surface area contributed by atoms with Crippen LogP contribution in [0.1, 0.15) is 20.3 Å². The Morgan fingerprint density at radius 2 is 1.87 bits per heavy atom. The normalized spacial score (nSPS) is 15.8. The lowest BCUT2D eigenvalue weighted by atomic mass is 10.2. The van der Waals surface area contributed by atoms with Crippen molar-refractivity contribution in [2.45, 2.75) is 31.6 Å². The van der Waals surface area contributed by atoms with Crippen LogP contribution in [0, 0.1) is 0 Å². The summed E-state index contributed by atoms with van der Waals surface area (Å²) in [4.78, 5) is 13.2. The number of hydrogen-bond donors (Lipinski definition) is 1. The Labute approximate surface area is 91.5 Å². The summed E-state index contributed by atoms with van der Waals surface area (Å²) in [5.74, 6) is -0.376. The van der Waals surface area contributed by atoms with Gasteiger partial charge in [0.15, 0.2) is 9.84 Å². The molecule has 0 rings (SSSR count). The minimum atomic E-state index is -3.32. The van der Waals surface area contributed by atoms with Crippen molar-refractivity contribution in [2.24, 2.45) is 5.73 Å². The highest BCUT2D eigenvalue weighted by Gasteiger charge is 2.28. The minimum absolute atomic E-state index is 0.0355. The maximum Gasteiger partial charge on any atom is 0.240 e. The molecule has 0 radical (unpaired) electrons. The summed E-state index contributed by atoms with van der Waals surface area (Å²) in [6, 6.07) is -0.0355. The van der Waals surface area contributed by atoms with Gasteiger partial charge >= 0.3 is 0 Å². The third-order valence-electron chi connectivity index (χ3n) is 2.58. The maximum absolute atomic E-state index is 11.7. The van der Waals surface area contributed by atoms with Gasteiger partial charge in [0, 0.05) is 19.3 Å². The highest BCUT2D eigenvalue weighted by molar-refractivity contribution is 7.92. The van der Waals surface area contributed by atoms with Gasteiger partial charge in [-0.05, 0) is 26.8 Å². The zero-order valence-corrected chi connectivity index (χ0v) is 10.5. The fourth-order valence-corrected chi connectivity index (χ4v) is 1.65. The summed E-state index contributed by atoms with van der Waals surface area (Å²) in [6.45, 7) is 3.73. The fraction of sp³-hybridized carbons (Fsp3) is 0.889. The molecule has 2 atom stereocenters. The van der Waals surface area contributed by atoms with Crippen molar-refractivity contribution in [1.82, 2.24) is 4.90 Å². The van der Waals surface area contributed by atoms with Crippen molar-refractivity contribution in [2.75, 3.05) is 19.8 Å². The summed E-state index contributed by atoms with van der Waals surface area (Å²) in [5.41, 5.74) is 5.37. The van der Waals surface area contributed by atoms with E-state index in [-0.39, 0.29) is 11.9 Å². The van der Waals surface area contributed by atoms with Gasteiger partial charge in [0.1, 0.15) is 5.25 Å². The van der Waals surface area contributed by atoms with Gasteiger partial charge in [-0.25, -0.2) is 8.42 Å². The molecular formula is C9H20N2O3S. The van der Waals surface area contributed by atoms with Gasteiger partial charge in [0.2, 0.25) is 5.91 Å². The minimum Gasteiger partial charge on any atom is -0.342 e. The third-order valence-corrected chi connectivity index (χ3v) is 4.07. The van der Waals surface area contributed by atoms with Gasteiger partial charge in [-0.1, -0.05) is 0 Å². The van der Waals surface area contributed by atoms with Crippen molar-refractivity contribution >= 4 is 15.7 Å². The van der Waals surface area contributed by atoms with Gasteiger partial charge in [-0.3, -0.25) is 4.79 Å². The van der Waals surface area contributed by atoms with E-state index in [0.717, 1.165) is 6.26 Å². The van der Waals surface area contributed by atoms with E-state index in [2.05, 4.69) is 0 Å². The lowest BCUT2D eigenvalue weighted by Gasteiger charge is -2.26. The van der Waals surface area contributed by atoms with E-state index >= 15 is 0 Å². The third kappa shape index (κ3) is 4.17. The molecule has 0 aliphatic heterocycles. The zero-order chi connectivity index (χ0) is 12.2. The summed E-state index contributed by atoms with van der Waals surface area (Å²) >= 11 is 0. The van der Waals surface area contributed by atoms with E-state index in [1.54, 1.807) is 7.05 Å². The van der Waals surface area contributed by atoms with Crippen LogP contribution in [-0.2, 0) is 14.6 Å². The SMILES string of the molecule is CC(CCN)N(C)C(=O)C(C)S(C)(=O)=O. The van der Waals surface area contributed by atoms with Gasteiger partial charge in [-0.2, -0.15) is 0 Å². The van der Waals surface area contributed by atoms with Crippen LogP contribution in [0.5, 0.6) is 0 Å². The molecule has 0 bridgehead atoms. The Morgan fingerprint density at radius 1 is 1.40 bits per heavy atom. The van der Waals surface area contributed by atoms with E-state index in [1.165, 1.54) is 11.8 Å². The van der Waals surface area contributed by atoms with Gasteiger partial charge in [0.05, 0.1) is 0 Å². The van der Waals surface area contributed by atoms with Crippen LogP contribution in [0.15, 0.2) is 0 Å². The van der Waals surface area contributed by atoms with Crippen LogP contribution < -0.4 is 5.73 Å². The van der Waals surface area contributed by atoms with Crippen molar-refractivity contribution in [3.8, 4) is 0 Å². The van der Waals surface area contributed by atoms with Crippen LogP contribution >= 0.6 is 0 Å². The summed E-state index contributed by atoms with van der Waals surface area (Å²) in [5, 5.41) is -0.984. The van der Waals surface area contributed by atoms with E-state index in [4.69, 9.17) is 5.73 Å². The molecule has 0 saturated carbocycles. The van der Waals surface area contributed by atoms with Gasteiger partial charge in [-0.15, -0.1) is 0 Å². The number of nitrogens with two attached hydrogens (primary N) is 1. The molecule has 15 heavy (non-hydrogen) atoms. The van der Waals surface area contributed by atoms with Gasteiger partial charge in [0.25, 0.3) is 0 Å². The number of carbonyl (C=O) groups is 1. The van der Waals surface area contributed by atoms with Crippen LogP contribution in [0.2, 0.25) is 0 Å². The molecular weight excluding hydrogens is 216 g/mol. The fourth-order valence-electron chi connectivity index (χ4n) is 1.12. The summed E-state index contributed by atoms with van der Waals surface area (Å²) < 4.78 is 22.4. The molecule has 0 aromatic carbocycles. The number of nitrogens with zero attached hydrogens (tertiary/aromatic N) is 1. The topological polar surface area (TPSA) is 80.5 Å². The predicted molar refractivity (Wildman–Crippen MR) is 60.2 cm³/mol. The second-order valence-corrected chi connectivity index (χ2v) is 6.21. The van der Waals surface area contributed by atoms with E-state index < -0.39 is 15.1 Å². The first-order valence-corrected chi connectivity index (χ1v) is 6.82. The Hall–Kier alpha value is -0.620. The van der Waals surface area contributed by atoms with Crippen molar-refractivity contribution in [3.05, 3.63) is 0 Å². The lowest BCUT2D eigenvalue weighted by Crippen LogP contribution is -2.44. The monoisotopic (exact) mass is 236 g/mol.